The molecule has 0 aliphatic rings. The van der Waals surface area contributed by atoms with Gasteiger partial charge in [-0.05, 0) is 19.1 Å². The second-order valence-corrected chi connectivity index (χ2v) is 4.60. The Morgan fingerprint density at radius 3 is 2.81 bits per heavy atom. The third kappa shape index (κ3) is 2.49. The fourth-order valence-electron chi connectivity index (χ4n) is 2.11. The summed E-state index contributed by atoms with van der Waals surface area (Å²) < 4.78 is 8.44. The number of nitrogens with zero attached hydrogens (tertiary/aromatic N) is 5. The zero-order chi connectivity index (χ0) is 14.8. The molecule has 0 bridgehead atoms. The lowest BCUT2D eigenvalue weighted by Crippen LogP contribution is -2.21. The predicted octanol–water partition coefficient (Wildman–Crippen LogP) is 0.972. The molecule has 21 heavy (non-hydrogen) atoms. The Balaban J connectivity index is 1.91. The Kier molecular flexibility index (Phi) is 3.39. The van der Waals surface area contributed by atoms with E-state index in [0.717, 1.165) is 11.4 Å². The summed E-state index contributed by atoms with van der Waals surface area (Å²) in [6.07, 6.45) is 4.71. The van der Waals surface area contributed by atoms with E-state index in [9.17, 15) is 4.79 Å². The standard InChI is InChI=1S/C14H15N5O2/c1-3-21-11-5-4-10(15-6-11)8-19-9-16-13-12(14(19)20)7-17-18(13)2/h4-7,9H,3,8H2,1-2H3. The van der Waals surface area contributed by atoms with E-state index < -0.39 is 0 Å². The molecule has 0 N–H and O–H groups in total. The van der Waals surface area contributed by atoms with Crippen LogP contribution in [0.25, 0.3) is 11.0 Å². The minimum atomic E-state index is -0.121. The molecule has 0 spiro atoms. The number of pyridine rings is 1. The molecule has 0 fully saturated rings. The van der Waals surface area contributed by atoms with E-state index in [1.165, 1.54) is 17.1 Å². The van der Waals surface area contributed by atoms with Gasteiger partial charge in [-0.2, -0.15) is 5.10 Å². The number of hydrogen-bond acceptors (Lipinski definition) is 5. The normalized spacial score (nSPS) is 11.0. The van der Waals surface area contributed by atoms with Gasteiger partial charge in [0.2, 0.25) is 0 Å². The maximum absolute atomic E-state index is 12.3. The predicted molar refractivity (Wildman–Crippen MR) is 77.3 cm³/mol. The van der Waals surface area contributed by atoms with Crippen LogP contribution in [0.3, 0.4) is 0 Å². The number of hydrogen-bond donors (Lipinski definition) is 0. The molecular formula is C14H15N5O2. The van der Waals surface area contributed by atoms with Crippen LogP contribution in [0.2, 0.25) is 0 Å². The van der Waals surface area contributed by atoms with Crippen LogP contribution in [0.5, 0.6) is 5.75 Å². The Hall–Kier alpha value is -2.70. The second-order valence-electron chi connectivity index (χ2n) is 4.60. The maximum Gasteiger partial charge on any atom is 0.264 e. The lowest BCUT2D eigenvalue weighted by Gasteiger charge is -2.06. The van der Waals surface area contributed by atoms with Crippen LogP contribution in [0.1, 0.15) is 12.6 Å². The van der Waals surface area contributed by atoms with Gasteiger partial charge in [-0.1, -0.05) is 0 Å². The molecule has 0 aliphatic heterocycles. The van der Waals surface area contributed by atoms with Crippen molar-refractivity contribution in [2.45, 2.75) is 13.5 Å². The number of rotatable bonds is 4. The highest BCUT2D eigenvalue weighted by atomic mass is 16.5. The number of aromatic nitrogens is 5. The summed E-state index contributed by atoms with van der Waals surface area (Å²) in [6.45, 7) is 2.88. The third-order valence-corrected chi connectivity index (χ3v) is 3.16. The van der Waals surface area contributed by atoms with Gasteiger partial charge in [0.15, 0.2) is 5.65 Å². The molecule has 0 amide bonds. The molecule has 0 aromatic carbocycles. The first-order chi connectivity index (χ1) is 10.2. The van der Waals surface area contributed by atoms with Crippen molar-refractivity contribution in [3.05, 3.63) is 46.9 Å². The molecule has 0 atom stereocenters. The van der Waals surface area contributed by atoms with Gasteiger partial charge in [-0.25, -0.2) is 4.98 Å². The molecule has 7 nitrogen and oxygen atoms in total. The molecule has 0 radical (unpaired) electrons. The molecule has 0 saturated carbocycles. The Labute approximate surface area is 120 Å². The second kappa shape index (κ2) is 5.35. The molecular weight excluding hydrogens is 270 g/mol. The molecule has 7 heteroatoms. The maximum atomic E-state index is 12.3. The summed E-state index contributed by atoms with van der Waals surface area (Å²) in [5.41, 5.74) is 1.23. The van der Waals surface area contributed by atoms with Crippen molar-refractivity contribution in [2.75, 3.05) is 6.61 Å². The van der Waals surface area contributed by atoms with Crippen LogP contribution >= 0.6 is 0 Å². The van der Waals surface area contributed by atoms with Gasteiger partial charge in [0, 0.05) is 7.05 Å². The van der Waals surface area contributed by atoms with Gasteiger partial charge < -0.3 is 4.74 Å². The van der Waals surface area contributed by atoms with Crippen molar-refractivity contribution < 1.29 is 4.74 Å². The van der Waals surface area contributed by atoms with E-state index >= 15 is 0 Å². The quantitative estimate of drug-likeness (QED) is 0.714. The van der Waals surface area contributed by atoms with Gasteiger partial charge in [0.1, 0.15) is 17.5 Å². The third-order valence-electron chi connectivity index (χ3n) is 3.16. The minimum Gasteiger partial charge on any atom is -0.492 e. The highest BCUT2D eigenvalue weighted by Crippen LogP contribution is 2.10. The molecule has 108 valence electrons. The average Bonchev–Trinajstić information content (AvgIpc) is 2.86. The number of fused-ring (bicyclic) bond motifs is 1. The molecule has 0 aliphatic carbocycles. The van der Waals surface area contributed by atoms with E-state index in [-0.39, 0.29) is 5.56 Å². The largest absolute Gasteiger partial charge is 0.492 e. The molecule has 0 saturated heterocycles. The molecule has 3 heterocycles. The smallest absolute Gasteiger partial charge is 0.264 e. The van der Waals surface area contributed by atoms with E-state index in [2.05, 4.69) is 15.1 Å². The summed E-state index contributed by atoms with van der Waals surface area (Å²) in [7, 11) is 1.76. The monoisotopic (exact) mass is 285 g/mol. The molecule has 0 unspecified atom stereocenters. The number of aryl methyl sites for hydroxylation is 1. The van der Waals surface area contributed by atoms with Crippen LogP contribution in [-0.2, 0) is 13.6 Å². The number of ether oxygens (including phenoxy) is 1. The topological polar surface area (TPSA) is 74.8 Å². The summed E-state index contributed by atoms with van der Waals surface area (Å²) in [5.74, 6) is 0.717. The van der Waals surface area contributed by atoms with E-state index in [0.29, 0.717) is 24.2 Å². The van der Waals surface area contributed by atoms with Crippen molar-refractivity contribution in [3.8, 4) is 5.75 Å². The van der Waals surface area contributed by atoms with Crippen LogP contribution in [0.4, 0.5) is 0 Å². The van der Waals surface area contributed by atoms with Crippen molar-refractivity contribution in [3.63, 3.8) is 0 Å². The van der Waals surface area contributed by atoms with Gasteiger partial charge in [-0.3, -0.25) is 19.0 Å². The lowest BCUT2D eigenvalue weighted by atomic mass is 10.3. The SMILES string of the molecule is CCOc1ccc(Cn2cnc3c(cnn3C)c2=O)nc1. The van der Waals surface area contributed by atoms with Crippen molar-refractivity contribution >= 4 is 11.0 Å². The van der Waals surface area contributed by atoms with E-state index in [1.54, 1.807) is 17.9 Å². The summed E-state index contributed by atoms with van der Waals surface area (Å²) >= 11 is 0. The highest BCUT2D eigenvalue weighted by molar-refractivity contribution is 5.72. The van der Waals surface area contributed by atoms with Crippen LogP contribution in [0.15, 0.2) is 35.6 Å². The van der Waals surface area contributed by atoms with Crippen molar-refractivity contribution in [1.29, 1.82) is 0 Å². The summed E-state index contributed by atoms with van der Waals surface area (Å²) in [6, 6.07) is 3.68. The van der Waals surface area contributed by atoms with Crippen LogP contribution in [0, 0.1) is 0 Å². The molecule has 3 aromatic heterocycles. The van der Waals surface area contributed by atoms with Gasteiger partial charge in [0.05, 0.1) is 31.2 Å². The Morgan fingerprint density at radius 2 is 2.10 bits per heavy atom. The first-order valence-electron chi connectivity index (χ1n) is 6.64. The van der Waals surface area contributed by atoms with Crippen molar-refractivity contribution in [1.82, 2.24) is 24.3 Å². The first-order valence-corrected chi connectivity index (χ1v) is 6.64. The summed E-state index contributed by atoms with van der Waals surface area (Å²) in [4.78, 5) is 20.9. The van der Waals surface area contributed by atoms with Gasteiger partial charge in [0.25, 0.3) is 5.56 Å². The first kappa shape index (κ1) is 13.3. The van der Waals surface area contributed by atoms with Crippen LogP contribution in [-0.4, -0.2) is 30.9 Å². The lowest BCUT2D eigenvalue weighted by molar-refractivity contribution is 0.338. The van der Waals surface area contributed by atoms with E-state index in [1.807, 2.05) is 19.1 Å². The van der Waals surface area contributed by atoms with E-state index in [4.69, 9.17) is 4.74 Å². The molecule has 3 rings (SSSR count). The average molecular weight is 285 g/mol. The molecule has 3 aromatic rings. The zero-order valence-corrected chi connectivity index (χ0v) is 11.9. The Morgan fingerprint density at radius 1 is 1.24 bits per heavy atom. The fraction of sp³-hybridized carbons (Fsp3) is 0.286. The zero-order valence-electron chi connectivity index (χ0n) is 11.9. The highest BCUT2D eigenvalue weighted by Gasteiger charge is 2.08. The fourth-order valence-corrected chi connectivity index (χ4v) is 2.11. The Bertz CT molecular complexity index is 819. The van der Waals surface area contributed by atoms with Crippen LogP contribution < -0.4 is 10.3 Å². The van der Waals surface area contributed by atoms with Gasteiger partial charge >= 0.3 is 0 Å². The van der Waals surface area contributed by atoms with Gasteiger partial charge in [-0.15, -0.1) is 0 Å². The summed E-state index contributed by atoms with van der Waals surface area (Å²) in [5, 5.41) is 4.55. The minimum absolute atomic E-state index is 0.121. The van der Waals surface area contributed by atoms with Crippen molar-refractivity contribution in [2.24, 2.45) is 7.05 Å².